The highest BCUT2D eigenvalue weighted by atomic mass is 35.5. The third-order valence-corrected chi connectivity index (χ3v) is 7.57. The summed E-state index contributed by atoms with van der Waals surface area (Å²) >= 11 is 8.50. The van der Waals surface area contributed by atoms with Crippen molar-refractivity contribution < 1.29 is 27.6 Å². The van der Waals surface area contributed by atoms with Crippen LogP contribution in [0.3, 0.4) is 0 Å². The van der Waals surface area contributed by atoms with Gasteiger partial charge in [0.05, 0.1) is 22.0 Å². The van der Waals surface area contributed by atoms with E-state index in [2.05, 4.69) is 16.0 Å². The lowest BCUT2D eigenvalue weighted by atomic mass is 10.2. The molecule has 0 aliphatic carbocycles. The first kappa shape index (κ1) is 29.9. The minimum absolute atomic E-state index is 0.0103. The fourth-order valence-electron chi connectivity index (χ4n) is 3.42. The van der Waals surface area contributed by atoms with Gasteiger partial charge < -0.3 is 16.0 Å². The second kappa shape index (κ2) is 13.5. The molecule has 4 aromatic rings. The Morgan fingerprint density at radius 2 is 1.63 bits per heavy atom. The Kier molecular flexibility index (Phi) is 9.87. The fraction of sp³-hybridized carbons (Fsp3) is 0.0690. The molecule has 210 valence electrons. The summed E-state index contributed by atoms with van der Waals surface area (Å²) in [5, 5.41) is 9.66. The van der Waals surface area contributed by atoms with Gasteiger partial charge in [0, 0.05) is 21.0 Å². The van der Waals surface area contributed by atoms with Crippen molar-refractivity contribution in [3.8, 4) is 0 Å². The van der Waals surface area contributed by atoms with Crippen LogP contribution in [0.2, 0.25) is 5.02 Å². The van der Waals surface area contributed by atoms with Gasteiger partial charge in [-0.15, -0.1) is 23.1 Å². The first-order valence-electron chi connectivity index (χ1n) is 11.9. The summed E-state index contributed by atoms with van der Waals surface area (Å²) in [6.45, 7) is 0. The second-order valence-electron chi connectivity index (χ2n) is 8.40. The van der Waals surface area contributed by atoms with Crippen LogP contribution in [-0.4, -0.2) is 23.5 Å². The van der Waals surface area contributed by atoms with E-state index in [1.807, 2.05) is 17.5 Å². The minimum Gasteiger partial charge on any atom is -0.324 e. The van der Waals surface area contributed by atoms with E-state index < -0.39 is 29.5 Å². The summed E-state index contributed by atoms with van der Waals surface area (Å²) in [7, 11) is 0. The number of thiophene rings is 1. The number of alkyl halides is 3. The molecule has 0 atom stereocenters. The van der Waals surface area contributed by atoms with Crippen molar-refractivity contribution in [1.29, 1.82) is 0 Å². The van der Waals surface area contributed by atoms with Crippen LogP contribution in [0.25, 0.3) is 6.08 Å². The van der Waals surface area contributed by atoms with E-state index in [0.29, 0.717) is 16.1 Å². The maximum absolute atomic E-state index is 13.1. The topological polar surface area (TPSA) is 87.3 Å². The number of carbonyl (C=O) groups excluding carboxylic acids is 3. The first-order valence-corrected chi connectivity index (χ1v) is 14.2. The number of thioether (sulfide) groups is 1. The van der Waals surface area contributed by atoms with Crippen molar-refractivity contribution in [2.45, 2.75) is 11.1 Å². The smallest absolute Gasteiger partial charge is 0.324 e. The number of rotatable bonds is 9. The van der Waals surface area contributed by atoms with E-state index in [4.69, 9.17) is 11.6 Å². The van der Waals surface area contributed by atoms with E-state index in [1.165, 1.54) is 11.3 Å². The first-order chi connectivity index (χ1) is 19.6. The van der Waals surface area contributed by atoms with Gasteiger partial charge in [0.25, 0.3) is 11.8 Å². The van der Waals surface area contributed by atoms with E-state index >= 15 is 0 Å². The summed E-state index contributed by atoms with van der Waals surface area (Å²) in [6, 6.07) is 21.5. The second-order valence-corrected chi connectivity index (χ2v) is 10.8. The number of carbonyl (C=O) groups is 3. The van der Waals surface area contributed by atoms with E-state index in [9.17, 15) is 27.6 Å². The maximum atomic E-state index is 13.1. The van der Waals surface area contributed by atoms with Gasteiger partial charge in [0.15, 0.2) is 0 Å². The average Bonchev–Trinajstić information content (AvgIpc) is 3.46. The van der Waals surface area contributed by atoms with Crippen molar-refractivity contribution in [2.24, 2.45) is 0 Å². The number of halogens is 4. The molecule has 0 radical (unpaired) electrons. The molecule has 4 rings (SSSR count). The third kappa shape index (κ3) is 8.71. The van der Waals surface area contributed by atoms with Gasteiger partial charge in [0.2, 0.25) is 5.91 Å². The molecular formula is C29H21ClF3N3O3S2. The lowest BCUT2D eigenvalue weighted by molar-refractivity contribution is -0.137. The van der Waals surface area contributed by atoms with Gasteiger partial charge in [-0.25, -0.2) is 0 Å². The zero-order chi connectivity index (χ0) is 29.4. The molecule has 1 heterocycles. The van der Waals surface area contributed by atoms with Gasteiger partial charge in [-0.1, -0.05) is 35.9 Å². The molecular weight excluding hydrogens is 595 g/mol. The highest BCUT2D eigenvalue weighted by Gasteiger charge is 2.31. The summed E-state index contributed by atoms with van der Waals surface area (Å²) in [6.07, 6.45) is -2.98. The number of anilines is 2. The van der Waals surface area contributed by atoms with Crippen LogP contribution in [0.15, 0.2) is 101 Å². The quantitative estimate of drug-likeness (QED) is 0.134. The largest absolute Gasteiger partial charge is 0.416 e. The maximum Gasteiger partial charge on any atom is 0.416 e. The van der Waals surface area contributed by atoms with Gasteiger partial charge in [-0.3, -0.25) is 14.4 Å². The molecule has 0 spiro atoms. The number of amides is 3. The van der Waals surface area contributed by atoms with Crippen LogP contribution in [0.5, 0.6) is 0 Å². The summed E-state index contributed by atoms with van der Waals surface area (Å²) in [4.78, 5) is 39.5. The van der Waals surface area contributed by atoms with Crippen LogP contribution >= 0.6 is 34.7 Å². The molecule has 41 heavy (non-hydrogen) atoms. The Morgan fingerprint density at radius 3 is 2.29 bits per heavy atom. The minimum atomic E-state index is -4.57. The predicted octanol–water partition coefficient (Wildman–Crippen LogP) is 7.56. The highest BCUT2D eigenvalue weighted by molar-refractivity contribution is 8.00. The van der Waals surface area contributed by atoms with Gasteiger partial charge in [-0.2, -0.15) is 13.2 Å². The molecule has 12 heteroatoms. The predicted molar refractivity (Wildman–Crippen MR) is 157 cm³/mol. The molecule has 1 aromatic heterocycles. The van der Waals surface area contributed by atoms with Crippen molar-refractivity contribution in [3.05, 3.63) is 117 Å². The molecule has 0 unspecified atom stereocenters. The number of nitrogens with one attached hydrogen (secondary N) is 3. The van der Waals surface area contributed by atoms with Crippen LogP contribution in [0, 0.1) is 0 Å². The molecule has 3 aromatic carbocycles. The monoisotopic (exact) mass is 615 g/mol. The Labute approximate surface area is 246 Å². The number of hydrogen-bond acceptors (Lipinski definition) is 5. The van der Waals surface area contributed by atoms with Gasteiger partial charge in [0.1, 0.15) is 5.70 Å². The molecule has 0 aliphatic heterocycles. The molecule has 0 saturated heterocycles. The Hall–Kier alpha value is -4.06. The SMILES string of the molecule is O=C(CSc1ccc(NC(=O)/C(=C/c2cccs2)NC(=O)c2ccccc2)cc1)Nc1cc(C(F)(F)F)ccc1Cl. The molecule has 0 aliphatic rings. The van der Waals surface area contributed by atoms with Crippen LogP contribution in [-0.2, 0) is 15.8 Å². The Morgan fingerprint density at radius 1 is 0.902 bits per heavy atom. The molecule has 0 bridgehead atoms. The Balaban J connectivity index is 1.36. The third-order valence-electron chi connectivity index (χ3n) is 5.41. The van der Waals surface area contributed by atoms with Crippen LogP contribution in [0.4, 0.5) is 24.5 Å². The normalized spacial score (nSPS) is 11.6. The van der Waals surface area contributed by atoms with Crippen LogP contribution < -0.4 is 16.0 Å². The number of benzene rings is 3. The molecule has 6 nitrogen and oxygen atoms in total. The summed E-state index contributed by atoms with van der Waals surface area (Å²) in [5.41, 5.74) is -0.139. The van der Waals surface area contributed by atoms with Crippen molar-refractivity contribution in [2.75, 3.05) is 16.4 Å². The zero-order valence-electron chi connectivity index (χ0n) is 21.0. The lowest BCUT2D eigenvalue weighted by Crippen LogP contribution is -2.30. The average molecular weight is 616 g/mol. The van der Waals surface area contributed by atoms with Crippen LogP contribution in [0.1, 0.15) is 20.8 Å². The summed E-state index contributed by atoms with van der Waals surface area (Å²) < 4.78 is 38.9. The Bertz CT molecular complexity index is 1560. The van der Waals surface area contributed by atoms with E-state index in [0.717, 1.165) is 34.8 Å². The molecule has 0 saturated carbocycles. The van der Waals surface area contributed by atoms with Gasteiger partial charge >= 0.3 is 6.18 Å². The standard InChI is InChI=1S/C29H21ClF3N3O3S2/c30-23-13-8-19(29(31,32)33)15-24(23)35-26(37)17-41-21-11-9-20(10-12-21)34-28(39)25(16-22-7-4-14-40-22)36-27(38)18-5-2-1-3-6-18/h1-16H,17H2,(H,34,39)(H,35,37)(H,36,38)/b25-16-. The molecule has 3 N–H and O–H groups in total. The van der Waals surface area contributed by atoms with E-state index in [1.54, 1.807) is 60.7 Å². The van der Waals surface area contributed by atoms with Gasteiger partial charge in [-0.05, 0) is 72.1 Å². The zero-order valence-corrected chi connectivity index (χ0v) is 23.4. The fourth-order valence-corrected chi connectivity index (χ4v) is 4.94. The molecule has 3 amide bonds. The lowest BCUT2D eigenvalue weighted by Gasteiger charge is -2.12. The van der Waals surface area contributed by atoms with Crippen molar-refractivity contribution in [3.63, 3.8) is 0 Å². The van der Waals surface area contributed by atoms with E-state index in [-0.39, 0.29) is 22.2 Å². The highest BCUT2D eigenvalue weighted by Crippen LogP contribution is 2.34. The number of hydrogen-bond donors (Lipinski definition) is 3. The molecule has 0 fully saturated rings. The summed E-state index contributed by atoms with van der Waals surface area (Å²) in [5.74, 6) is -1.58. The van der Waals surface area contributed by atoms with Crippen molar-refractivity contribution >= 4 is 69.9 Å². The van der Waals surface area contributed by atoms with Crippen molar-refractivity contribution in [1.82, 2.24) is 5.32 Å².